The highest BCUT2D eigenvalue weighted by Crippen LogP contribution is 2.16. The number of nitrogens with zero attached hydrogens (tertiary/aromatic N) is 4. The second kappa shape index (κ2) is 12.3. The van der Waals surface area contributed by atoms with Crippen molar-refractivity contribution in [2.24, 2.45) is 4.99 Å². The predicted molar refractivity (Wildman–Crippen MR) is 131 cm³/mol. The van der Waals surface area contributed by atoms with Crippen molar-refractivity contribution in [1.82, 2.24) is 14.4 Å². The van der Waals surface area contributed by atoms with E-state index >= 15 is 0 Å². The number of fused-ring (bicyclic) bond motifs is 1. The molecule has 0 radical (unpaired) electrons. The summed E-state index contributed by atoms with van der Waals surface area (Å²) in [6.45, 7) is 6.21. The average Bonchev–Trinajstić information content (AvgIpc) is 3.15. The molecule has 0 unspecified atom stereocenters. The minimum Gasteiger partial charge on any atom is -0.450 e. The lowest BCUT2D eigenvalue weighted by Gasteiger charge is -2.34. The molecule has 11 nitrogen and oxygen atoms in total. The molecule has 0 N–H and O–H groups in total. The van der Waals surface area contributed by atoms with E-state index in [-0.39, 0.29) is 32.8 Å². The summed E-state index contributed by atoms with van der Waals surface area (Å²) >= 11 is 1.29. The molecule has 1 saturated heterocycles. The Kier molecular flexibility index (Phi) is 9.40. The highest BCUT2D eigenvalue weighted by atomic mass is 32.2. The van der Waals surface area contributed by atoms with Crippen molar-refractivity contribution in [3.63, 3.8) is 0 Å². The van der Waals surface area contributed by atoms with Gasteiger partial charge in [0, 0.05) is 39.3 Å². The largest absolute Gasteiger partial charge is 0.450 e. The molecular formula is C22H30N4O7S2. The first-order valence-electron chi connectivity index (χ1n) is 11.4. The molecule has 0 saturated carbocycles. The number of benzene rings is 1. The molecule has 3 amide bonds. The molecule has 2 heterocycles. The van der Waals surface area contributed by atoms with Gasteiger partial charge in [-0.05, 0) is 26.0 Å². The van der Waals surface area contributed by atoms with Gasteiger partial charge in [-0.1, -0.05) is 23.5 Å². The van der Waals surface area contributed by atoms with Crippen LogP contribution in [-0.4, -0.2) is 98.2 Å². The van der Waals surface area contributed by atoms with E-state index in [1.807, 2.05) is 35.8 Å². The minimum atomic E-state index is -4.02. The van der Waals surface area contributed by atoms with E-state index in [0.717, 1.165) is 10.2 Å². The highest BCUT2D eigenvalue weighted by molar-refractivity contribution is 7.92. The van der Waals surface area contributed by atoms with Crippen molar-refractivity contribution in [2.75, 3.05) is 57.5 Å². The van der Waals surface area contributed by atoms with E-state index in [2.05, 4.69) is 4.99 Å². The van der Waals surface area contributed by atoms with Crippen LogP contribution in [0.25, 0.3) is 10.2 Å². The summed E-state index contributed by atoms with van der Waals surface area (Å²) in [6, 6.07) is 7.55. The van der Waals surface area contributed by atoms with Crippen LogP contribution in [0.5, 0.6) is 0 Å². The number of thiazole rings is 1. The summed E-state index contributed by atoms with van der Waals surface area (Å²) in [6.07, 6.45) is -0.459. The second-order valence-electron chi connectivity index (χ2n) is 7.81. The summed E-state index contributed by atoms with van der Waals surface area (Å²) in [5, 5.41) is 0. The monoisotopic (exact) mass is 526 g/mol. The molecule has 1 fully saturated rings. The molecule has 1 aliphatic rings. The number of hydrogen-bond donors (Lipinski definition) is 0. The summed E-state index contributed by atoms with van der Waals surface area (Å²) in [7, 11) is -4.02. The van der Waals surface area contributed by atoms with Gasteiger partial charge in [0.2, 0.25) is 5.91 Å². The Balaban J connectivity index is 1.64. The van der Waals surface area contributed by atoms with Crippen LogP contribution >= 0.6 is 11.3 Å². The molecule has 3 rings (SSSR count). The number of hydrogen-bond acceptors (Lipinski definition) is 8. The standard InChI is InChI=1S/C22H30N4O7S2/c1-3-32-14-13-26-17-7-5-6-8-18(17)34-21(26)23-19(27)15-35(30,31)16-20(28)24-9-11-25(12-10-24)22(29)33-4-2/h5-8H,3-4,9-16H2,1-2H3. The van der Waals surface area contributed by atoms with Crippen LogP contribution in [0.2, 0.25) is 0 Å². The molecule has 1 aliphatic heterocycles. The van der Waals surface area contributed by atoms with Crippen molar-refractivity contribution in [2.45, 2.75) is 20.4 Å². The lowest BCUT2D eigenvalue weighted by molar-refractivity contribution is -0.130. The van der Waals surface area contributed by atoms with E-state index in [0.29, 0.717) is 24.6 Å². The molecule has 0 aliphatic carbocycles. The van der Waals surface area contributed by atoms with Gasteiger partial charge in [-0.25, -0.2) is 13.2 Å². The number of ether oxygens (including phenoxy) is 2. The highest BCUT2D eigenvalue weighted by Gasteiger charge is 2.28. The van der Waals surface area contributed by atoms with Gasteiger partial charge in [-0.3, -0.25) is 9.59 Å². The number of amides is 3. The second-order valence-corrected chi connectivity index (χ2v) is 10.9. The third kappa shape index (κ3) is 7.36. The van der Waals surface area contributed by atoms with Gasteiger partial charge < -0.3 is 23.8 Å². The Morgan fingerprint density at radius 1 is 1.00 bits per heavy atom. The Labute approximate surface area is 207 Å². The molecule has 0 atom stereocenters. The number of piperazine rings is 1. The zero-order chi connectivity index (χ0) is 25.4. The zero-order valence-electron chi connectivity index (χ0n) is 19.8. The number of aromatic nitrogens is 1. The molecule has 2 aromatic rings. The van der Waals surface area contributed by atoms with Crippen molar-refractivity contribution in [3.8, 4) is 0 Å². The fraction of sp³-hybridized carbons (Fsp3) is 0.545. The number of para-hydroxylation sites is 1. The molecule has 1 aromatic carbocycles. The van der Waals surface area contributed by atoms with Gasteiger partial charge in [-0.15, -0.1) is 0 Å². The van der Waals surface area contributed by atoms with Gasteiger partial charge in [-0.2, -0.15) is 4.99 Å². The number of rotatable bonds is 9. The van der Waals surface area contributed by atoms with E-state index in [9.17, 15) is 22.8 Å². The molecule has 192 valence electrons. The third-order valence-corrected chi connectivity index (χ3v) is 7.75. The van der Waals surface area contributed by atoms with E-state index in [4.69, 9.17) is 9.47 Å². The Bertz CT molecular complexity index is 1230. The summed E-state index contributed by atoms with van der Waals surface area (Å²) in [5.74, 6) is -3.08. The number of sulfone groups is 1. The SMILES string of the molecule is CCOCCn1c(=NC(=O)CS(=O)(=O)CC(=O)N2CCN(C(=O)OCC)CC2)sc2ccccc21. The summed E-state index contributed by atoms with van der Waals surface area (Å²) < 4.78 is 38.2. The van der Waals surface area contributed by atoms with Crippen LogP contribution in [0, 0.1) is 0 Å². The number of carbonyl (C=O) groups is 3. The average molecular weight is 527 g/mol. The van der Waals surface area contributed by atoms with Crippen LogP contribution in [-0.2, 0) is 35.4 Å². The lowest BCUT2D eigenvalue weighted by Crippen LogP contribution is -2.52. The molecule has 35 heavy (non-hydrogen) atoms. The lowest BCUT2D eigenvalue weighted by atomic mass is 10.3. The van der Waals surface area contributed by atoms with Gasteiger partial charge in [0.05, 0.1) is 23.4 Å². The molecule has 1 aromatic heterocycles. The maximum atomic E-state index is 12.6. The first-order valence-corrected chi connectivity index (χ1v) is 14.0. The van der Waals surface area contributed by atoms with E-state index in [1.165, 1.54) is 21.1 Å². The van der Waals surface area contributed by atoms with Crippen molar-refractivity contribution < 1.29 is 32.3 Å². The maximum absolute atomic E-state index is 12.6. The van der Waals surface area contributed by atoms with Crippen molar-refractivity contribution in [3.05, 3.63) is 29.1 Å². The fourth-order valence-corrected chi connectivity index (χ4v) is 5.81. The maximum Gasteiger partial charge on any atom is 0.409 e. The first kappa shape index (κ1) is 26.8. The Morgan fingerprint density at radius 2 is 1.69 bits per heavy atom. The summed E-state index contributed by atoms with van der Waals surface area (Å²) in [5.41, 5.74) is 0.878. The van der Waals surface area contributed by atoms with Gasteiger partial charge in [0.1, 0.15) is 11.5 Å². The van der Waals surface area contributed by atoms with Crippen LogP contribution < -0.4 is 4.80 Å². The van der Waals surface area contributed by atoms with Gasteiger partial charge in [0.25, 0.3) is 5.91 Å². The Morgan fingerprint density at radius 3 is 2.37 bits per heavy atom. The zero-order valence-corrected chi connectivity index (χ0v) is 21.5. The fourth-order valence-electron chi connectivity index (χ4n) is 3.63. The van der Waals surface area contributed by atoms with Crippen LogP contribution in [0.1, 0.15) is 13.8 Å². The third-order valence-electron chi connectivity index (χ3n) is 5.32. The van der Waals surface area contributed by atoms with Crippen LogP contribution in [0.4, 0.5) is 4.79 Å². The van der Waals surface area contributed by atoms with E-state index < -0.39 is 39.3 Å². The first-order chi connectivity index (χ1) is 16.7. The topological polar surface area (TPSA) is 128 Å². The van der Waals surface area contributed by atoms with Crippen molar-refractivity contribution in [1.29, 1.82) is 0 Å². The normalized spacial score (nSPS) is 15.0. The molecular weight excluding hydrogens is 496 g/mol. The molecule has 0 bridgehead atoms. The predicted octanol–water partition coefficient (Wildman–Crippen LogP) is 0.882. The van der Waals surface area contributed by atoms with Crippen LogP contribution in [0.15, 0.2) is 29.3 Å². The Hall–Kier alpha value is -2.77. The quantitative estimate of drug-likeness (QED) is 0.444. The minimum absolute atomic E-state index is 0.201. The number of carbonyl (C=O) groups excluding carboxylic acids is 3. The van der Waals surface area contributed by atoms with Crippen LogP contribution in [0.3, 0.4) is 0 Å². The smallest absolute Gasteiger partial charge is 0.409 e. The van der Waals surface area contributed by atoms with Crippen molar-refractivity contribution >= 4 is 49.3 Å². The molecule has 13 heteroatoms. The summed E-state index contributed by atoms with van der Waals surface area (Å²) in [4.78, 5) is 44.1. The van der Waals surface area contributed by atoms with E-state index in [1.54, 1.807) is 6.92 Å². The van der Waals surface area contributed by atoms with Gasteiger partial charge in [0.15, 0.2) is 14.6 Å². The molecule has 0 spiro atoms. The van der Waals surface area contributed by atoms with Gasteiger partial charge >= 0.3 is 6.09 Å².